The summed E-state index contributed by atoms with van der Waals surface area (Å²) in [4.78, 5) is 6.97. The largest absolute Gasteiger partial charge is 0.493 e. The van der Waals surface area contributed by atoms with Crippen molar-refractivity contribution < 1.29 is 4.74 Å². The molecule has 0 amide bonds. The summed E-state index contributed by atoms with van der Waals surface area (Å²) in [5, 5.41) is 4.52. The summed E-state index contributed by atoms with van der Waals surface area (Å²) in [6.07, 6.45) is 5.34. The van der Waals surface area contributed by atoms with Gasteiger partial charge in [-0.2, -0.15) is 5.10 Å². The molecule has 0 radical (unpaired) electrons. The van der Waals surface area contributed by atoms with E-state index in [1.165, 1.54) is 19.4 Å². The summed E-state index contributed by atoms with van der Waals surface area (Å²) >= 11 is 0. The van der Waals surface area contributed by atoms with E-state index in [1.54, 1.807) is 11.6 Å². The molecule has 18 heavy (non-hydrogen) atoms. The second-order valence-electron chi connectivity index (χ2n) is 4.85. The van der Waals surface area contributed by atoms with Gasteiger partial charge in [-0.25, -0.2) is 9.50 Å². The Bertz CT molecular complexity index is 551. The molecule has 0 aliphatic carbocycles. The lowest BCUT2D eigenvalue weighted by Crippen LogP contribution is -2.27. The molecule has 0 N–H and O–H groups in total. The van der Waals surface area contributed by atoms with Gasteiger partial charge in [0.15, 0.2) is 17.2 Å². The van der Waals surface area contributed by atoms with Crippen LogP contribution in [0.4, 0.5) is 0 Å². The summed E-state index contributed by atoms with van der Waals surface area (Å²) in [5.41, 5.74) is 0.802. The van der Waals surface area contributed by atoms with Crippen molar-refractivity contribution >= 4 is 5.65 Å². The first-order valence-corrected chi connectivity index (χ1v) is 6.36. The number of likely N-dealkylation sites (N-methyl/N-ethyl adjacent to an activating group) is 1. The Morgan fingerprint density at radius 3 is 3.11 bits per heavy atom. The number of fused-ring (bicyclic) bond motifs is 1. The molecule has 2 aromatic heterocycles. The highest BCUT2D eigenvalue weighted by Crippen LogP contribution is 2.20. The molecule has 0 aromatic carbocycles. The van der Waals surface area contributed by atoms with E-state index in [0.717, 1.165) is 23.6 Å². The van der Waals surface area contributed by atoms with Crippen LogP contribution < -0.4 is 4.74 Å². The minimum absolute atomic E-state index is 0.577. The highest BCUT2D eigenvalue weighted by molar-refractivity contribution is 5.52. The van der Waals surface area contributed by atoms with Gasteiger partial charge in [0.1, 0.15) is 0 Å². The molecule has 1 fully saturated rings. The fraction of sp³-hybridized carbons (Fsp3) is 0.538. The average Bonchev–Trinajstić information content (AvgIpc) is 2.95. The molecule has 5 nitrogen and oxygen atoms in total. The molecular formula is C13H18N4O. The number of methoxy groups -OCH3 is 1. The van der Waals surface area contributed by atoms with Gasteiger partial charge in [0, 0.05) is 18.7 Å². The van der Waals surface area contributed by atoms with E-state index in [2.05, 4.69) is 22.0 Å². The Kier molecular flexibility index (Phi) is 2.91. The first kappa shape index (κ1) is 11.5. The first-order valence-electron chi connectivity index (χ1n) is 6.36. The third kappa shape index (κ3) is 1.95. The third-order valence-corrected chi connectivity index (χ3v) is 3.68. The van der Waals surface area contributed by atoms with E-state index in [9.17, 15) is 0 Å². The van der Waals surface area contributed by atoms with Crippen LogP contribution in [-0.4, -0.2) is 46.2 Å². The van der Waals surface area contributed by atoms with Crippen molar-refractivity contribution in [1.29, 1.82) is 0 Å². The SMILES string of the molecule is COc1cccn2nc(CC3CCCN3C)nc12. The maximum Gasteiger partial charge on any atom is 0.198 e. The van der Waals surface area contributed by atoms with E-state index in [1.807, 2.05) is 18.3 Å². The van der Waals surface area contributed by atoms with Crippen LogP contribution in [0.3, 0.4) is 0 Å². The van der Waals surface area contributed by atoms with Gasteiger partial charge in [-0.05, 0) is 38.6 Å². The number of hydrogen-bond acceptors (Lipinski definition) is 4. The third-order valence-electron chi connectivity index (χ3n) is 3.68. The Morgan fingerprint density at radius 2 is 2.39 bits per heavy atom. The summed E-state index contributed by atoms with van der Waals surface area (Å²) < 4.78 is 7.09. The van der Waals surface area contributed by atoms with Crippen LogP contribution in [0.1, 0.15) is 18.7 Å². The monoisotopic (exact) mass is 246 g/mol. The van der Waals surface area contributed by atoms with Crippen LogP contribution >= 0.6 is 0 Å². The van der Waals surface area contributed by atoms with Gasteiger partial charge >= 0.3 is 0 Å². The lowest BCUT2D eigenvalue weighted by molar-refractivity contribution is 0.306. The van der Waals surface area contributed by atoms with E-state index < -0.39 is 0 Å². The lowest BCUT2D eigenvalue weighted by atomic mass is 10.1. The smallest absolute Gasteiger partial charge is 0.198 e. The Labute approximate surface area is 106 Å². The highest BCUT2D eigenvalue weighted by atomic mass is 16.5. The minimum atomic E-state index is 0.577. The molecule has 96 valence electrons. The van der Waals surface area contributed by atoms with Crippen LogP contribution in [0.15, 0.2) is 18.3 Å². The van der Waals surface area contributed by atoms with Crippen molar-refractivity contribution in [3.05, 3.63) is 24.2 Å². The number of hydrogen-bond donors (Lipinski definition) is 0. The van der Waals surface area contributed by atoms with Gasteiger partial charge in [-0.1, -0.05) is 0 Å². The summed E-state index contributed by atoms with van der Waals surface area (Å²) in [6, 6.07) is 4.41. The molecule has 0 saturated carbocycles. The quantitative estimate of drug-likeness (QED) is 0.820. The second kappa shape index (κ2) is 4.57. The molecule has 1 aliphatic heterocycles. The molecule has 2 aromatic rings. The lowest BCUT2D eigenvalue weighted by Gasteiger charge is -2.17. The van der Waals surface area contributed by atoms with E-state index in [-0.39, 0.29) is 0 Å². The van der Waals surface area contributed by atoms with Gasteiger partial charge in [0.2, 0.25) is 0 Å². The van der Waals surface area contributed by atoms with E-state index >= 15 is 0 Å². The molecule has 1 atom stereocenters. The standard InChI is InChI=1S/C13H18N4O/c1-16-7-3-5-10(16)9-12-14-13-11(18-2)6-4-8-17(13)15-12/h4,6,8,10H,3,5,7,9H2,1-2H3. The number of aromatic nitrogens is 3. The summed E-state index contributed by atoms with van der Waals surface area (Å²) in [7, 11) is 3.84. The van der Waals surface area contributed by atoms with Crippen LogP contribution in [0, 0.1) is 0 Å². The van der Waals surface area contributed by atoms with E-state index in [4.69, 9.17) is 4.74 Å². The van der Waals surface area contributed by atoms with Crippen molar-refractivity contribution in [2.75, 3.05) is 20.7 Å². The van der Waals surface area contributed by atoms with Gasteiger partial charge in [-0.15, -0.1) is 0 Å². The Morgan fingerprint density at radius 1 is 1.50 bits per heavy atom. The predicted molar refractivity (Wildman–Crippen MR) is 68.9 cm³/mol. The fourth-order valence-electron chi connectivity index (χ4n) is 2.62. The molecule has 5 heteroatoms. The molecule has 1 aliphatic rings. The second-order valence-corrected chi connectivity index (χ2v) is 4.85. The zero-order valence-electron chi connectivity index (χ0n) is 10.8. The predicted octanol–water partition coefficient (Wildman–Crippen LogP) is 1.37. The van der Waals surface area contributed by atoms with Crippen LogP contribution in [0.5, 0.6) is 5.75 Å². The van der Waals surface area contributed by atoms with Crippen molar-refractivity contribution in [1.82, 2.24) is 19.5 Å². The van der Waals surface area contributed by atoms with Gasteiger partial charge < -0.3 is 9.64 Å². The molecule has 0 spiro atoms. The number of nitrogens with zero attached hydrogens (tertiary/aromatic N) is 4. The normalized spacial score (nSPS) is 20.7. The van der Waals surface area contributed by atoms with Crippen molar-refractivity contribution in [2.24, 2.45) is 0 Å². The zero-order valence-corrected chi connectivity index (χ0v) is 10.8. The van der Waals surface area contributed by atoms with Gasteiger partial charge in [0.25, 0.3) is 0 Å². The molecular weight excluding hydrogens is 228 g/mol. The topological polar surface area (TPSA) is 42.7 Å². The number of pyridine rings is 1. The van der Waals surface area contributed by atoms with Gasteiger partial charge in [0.05, 0.1) is 7.11 Å². The summed E-state index contributed by atoms with van der Waals surface area (Å²) in [5.74, 6) is 1.68. The molecule has 1 saturated heterocycles. The zero-order chi connectivity index (χ0) is 12.5. The summed E-state index contributed by atoms with van der Waals surface area (Å²) in [6.45, 7) is 1.18. The van der Waals surface area contributed by atoms with Crippen molar-refractivity contribution in [3.63, 3.8) is 0 Å². The number of rotatable bonds is 3. The van der Waals surface area contributed by atoms with Crippen LogP contribution in [-0.2, 0) is 6.42 Å². The molecule has 0 bridgehead atoms. The van der Waals surface area contributed by atoms with Crippen molar-refractivity contribution in [2.45, 2.75) is 25.3 Å². The Hall–Kier alpha value is -1.62. The average molecular weight is 246 g/mol. The molecule has 3 heterocycles. The van der Waals surface area contributed by atoms with Crippen LogP contribution in [0.2, 0.25) is 0 Å². The van der Waals surface area contributed by atoms with Crippen LogP contribution in [0.25, 0.3) is 5.65 Å². The Balaban J connectivity index is 1.89. The minimum Gasteiger partial charge on any atom is -0.493 e. The molecule has 3 rings (SSSR count). The first-order chi connectivity index (χ1) is 8.78. The number of likely N-dealkylation sites (tertiary alicyclic amines) is 1. The fourth-order valence-corrected chi connectivity index (χ4v) is 2.62. The molecule has 1 unspecified atom stereocenters. The maximum atomic E-state index is 5.30. The van der Waals surface area contributed by atoms with Gasteiger partial charge in [-0.3, -0.25) is 0 Å². The van der Waals surface area contributed by atoms with E-state index in [0.29, 0.717) is 6.04 Å². The van der Waals surface area contributed by atoms with Crippen molar-refractivity contribution in [3.8, 4) is 5.75 Å². The maximum absolute atomic E-state index is 5.30. The number of ether oxygens (including phenoxy) is 1. The highest BCUT2D eigenvalue weighted by Gasteiger charge is 2.23.